The van der Waals surface area contributed by atoms with E-state index in [9.17, 15) is 52.7 Å². The lowest BCUT2D eigenvalue weighted by Gasteiger charge is -2.35. The van der Waals surface area contributed by atoms with Crippen molar-refractivity contribution in [2.75, 3.05) is 0 Å². The lowest BCUT2D eigenvalue weighted by atomic mass is 9.99. The molecule has 19 heavy (non-hydrogen) atoms. The molecule has 12 heteroatoms. The van der Waals surface area contributed by atoms with Crippen molar-refractivity contribution in [1.29, 1.82) is 0 Å². The molecule has 0 aliphatic heterocycles. The molecule has 0 saturated heterocycles. The van der Waals surface area contributed by atoms with Crippen molar-refractivity contribution in [1.82, 2.24) is 0 Å². The van der Waals surface area contributed by atoms with Crippen LogP contribution in [0.15, 0.2) is 0 Å². The van der Waals surface area contributed by atoms with Gasteiger partial charge in [-0.15, -0.1) is 0 Å². The van der Waals surface area contributed by atoms with E-state index in [1.165, 1.54) is 0 Å². The summed E-state index contributed by atoms with van der Waals surface area (Å²) >= 11 is 0. The minimum Gasteiger partial charge on any atom is -0.199 e. The lowest BCUT2D eigenvalue weighted by Crippen LogP contribution is -2.66. The third-order valence-corrected chi connectivity index (χ3v) is 2.29. The maximum Gasteiger partial charge on any atom is 0.384 e. The van der Waals surface area contributed by atoms with E-state index in [1.54, 1.807) is 0 Å². The normalized spacial score (nSPS) is 33.5. The molecule has 0 bridgehead atoms. The van der Waals surface area contributed by atoms with Crippen LogP contribution in [-0.2, 0) is 0 Å². The van der Waals surface area contributed by atoms with E-state index >= 15 is 0 Å². The second-order valence-corrected chi connectivity index (χ2v) is 3.57. The molecule has 0 aromatic heterocycles. The molecule has 0 atom stereocenters. The second kappa shape index (κ2) is 3.43. The molecule has 0 heterocycles. The first-order valence-corrected chi connectivity index (χ1v) is 4.02. The van der Waals surface area contributed by atoms with Gasteiger partial charge in [0.05, 0.1) is 0 Å². The highest BCUT2D eigenvalue weighted by Crippen LogP contribution is 2.65. The zero-order valence-electron chi connectivity index (χ0n) is 8.04. The van der Waals surface area contributed by atoms with Gasteiger partial charge in [-0.05, 0) is 0 Å². The molecule has 1 aliphatic carbocycles. The Balaban J connectivity index is 3.70. The monoisotopic (exact) mass is 312 g/mol. The van der Waals surface area contributed by atoms with Gasteiger partial charge in [-0.25, -0.2) is 0 Å². The largest absolute Gasteiger partial charge is 0.384 e. The van der Waals surface area contributed by atoms with E-state index in [0.717, 1.165) is 0 Å². The Morgan fingerprint density at radius 3 is 0.789 bits per heavy atom. The van der Waals surface area contributed by atoms with Gasteiger partial charge in [0.15, 0.2) is 0 Å². The topological polar surface area (TPSA) is 0 Å². The highest BCUT2D eigenvalue weighted by molar-refractivity contribution is 5.23. The number of alkyl halides is 12. The molecule has 1 fully saturated rings. The molecule has 0 aromatic rings. The Morgan fingerprint density at radius 1 is 0.368 bits per heavy atom. The average Bonchev–Trinajstić information content (AvgIpc) is 2.14. The van der Waals surface area contributed by atoms with Gasteiger partial charge < -0.3 is 0 Å². The third-order valence-electron chi connectivity index (χ3n) is 2.29. The van der Waals surface area contributed by atoms with Crippen molar-refractivity contribution in [2.24, 2.45) is 0 Å². The van der Waals surface area contributed by atoms with E-state index in [4.69, 9.17) is 0 Å². The predicted molar refractivity (Wildman–Crippen MR) is 32.9 cm³/mol. The van der Waals surface area contributed by atoms with Crippen molar-refractivity contribution in [3.63, 3.8) is 0 Å². The summed E-state index contributed by atoms with van der Waals surface area (Å²) in [6.07, 6.45) is -1.14. The summed E-state index contributed by atoms with van der Waals surface area (Å²) in [7, 11) is 0. The van der Waals surface area contributed by atoms with Crippen LogP contribution >= 0.6 is 0 Å². The van der Waals surface area contributed by atoms with Gasteiger partial charge in [-0.1, -0.05) is 0 Å². The van der Waals surface area contributed by atoms with Crippen LogP contribution in [-0.4, -0.2) is 35.5 Å². The van der Waals surface area contributed by atoms with Crippen LogP contribution in [0.5, 0.6) is 0 Å². The standard InChI is InChI=1S/C7F12/c8-2(9)1-3(10,11)5(14,15)7(18,19)6(16,17)4(2,12)13. The van der Waals surface area contributed by atoms with Crippen LogP contribution in [0.25, 0.3) is 0 Å². The first-order chi connectivity index (χ1) is 7.96. The van der Waals surface area contributed by atoms with Gasteiger partial charge >= 0.3 is 35.5 Å². The zero-order valence-corrected chi connectivity index (χ0v) is 8.04. The second-order valence-electron chi connectivity index (χ2n) is 3.57. The van der Waals surface area contributed by atoms with E-state index in [1.807, 2.05) is 0 Å². The van der Waals surface area contributed by atoms with Gasteiger partial charge in [-0.3, -0.25) is 0 Å². The van der Waals surface area contributed by atoms with Crippen LogP contribution in [0.2, 0.25) is 0 Å². The molecule has 1 aliphatic rings. The summed E-state index contributed by atoms with van der Waals surface area (Å²) < 4.78 is 150. The number of halogens is 12. The first-order valence-electron chi connectivity index (χ1n) is 4.02. The fraction of sp³-hybridized carbons (Fsp3) is 0.857. The summed E-state index contributed by atoms with van der Waals surface area (Å²) in [6.45, 7) is 0. The van der Waals surface area contributed by atoms with Crippen LogP contribution in [0.3, 0.4) is 0 Å². The van der Waals surface area contributed by atoms with Gasteiger partial charge in [0, 0.05) is 0 Å². The highest BCUT2D eigenvalue weighted by Gasteiger charge is 2.94. The molecule has 0 spiro atoms. The Bertz CT molecular complexity index is 344. The molecular formula is C7F12. The van der Waals surface area contributed by atoms with Gasteiger partial charge in [0.1, 0.15) is 6.42 Å². The summed E-state index contributed by atoms with van der Waals surface area (Å²) in [5, 5.41) is 0. The van der Waals surface area contributed by atoms with Gasteiger partial charge in [0.25, 0.3) is 0 Å². The SMILES string of the molecule is FC1(F)[C]C(F)(F)C(F)(F)C(F)(F)C(F)(F)C1(F)F. The van der Waals surface area contributed by atoms with Crippen molar-refractivity contribution < 1.29 is 52.7 Å². The molecule has 112 valence electrons. The van der Waals surface area contributed by atoms with Crippen molar-refractivity contribution in [3.05, 3.63) is 6.42 Å². The molecule has 0 amide bonds. The van der Waals surface area contributed by atoms with E-state index in [0.29, 0.717) is 0 Å². The fourth-order valence-electron chi connectivity index (χ4n) is 1.14. The maximum atomic E-state index is 12.5. The molecule has 0 N–H and O–H groups in total. The quantitative estimate of drug-likeness (QED) is 0.470. The number of hydrogen-bond acceptors (Lipinski definition) is 0. The fourth-order valence-corrected chi connectivity index (χ4v) is 1.14. The van der Waals surface area contributed by atoms with Crippen LogP contribution in [0.4, 0.5) is 52.7 Å². The van der Waals surface area contributed by atoms with Gasteiger partial charge in [0.2, 0.25) is 0 Å². The minimum absolute atomic E-state index is 1.14. The Morgan fingerprint density at radius 2 is 0.579 bits per heavy atom. The molecule has 0 aromatic carbocycles. The Hall–Kier alpha value is -0.840. The van der Waals surface area contributed by atoms with Crippen LogP contribution < -0.4 is 0 Å². The van der Waals surface area contributed by atoms with E-state index in [2.05, 4.69) is 0 Å². The molecule has 1 saturated carbocycles. The van der Waals surface area contributed by atoms with Crippen LogP contribution in [0, 0.1) is 6.42 Å². The third kappa shape index (κ3) is 1.57. The number of rotatable bonds is 0. The zero-order chi connectivity index (χ0) is 15.7. The number of hydrogen-bond donors (Lipinski definition) is 0. The summed E-state index contributed by atoms with van der Waals surface area (Å²) in [6, 6.07) is 0. The van der Waals surface area contributed by atoms with Crippen molar-refractivity contribution >= 4 is 0 Å². The summed E-state index contributed by atoms with van der Waals surface area (Å²) in [5.41, 5.74) is 0. The van der Waals surface area contributed by atoms with Gasteiger partial charge in [-0.2, -0.15) is 52.7 Å². The Kier molecular flexibility index (Phi) is 2.92. The molecule has 0 nitrogen and oxygen atoms in total. The molecule has 0 unspecified atom stereocenters. The molecule has 2 radical (unpaired) electrons. The van der Waals surface area contributed by atoms with Crippen molar-refractivity contribution in [2.45, 2.75) is 35.5 Å². The summed E-state index contributed by atoms with van der Waals surface area (Å²) in [4.78, 5) is 0. The smallest absolute Gasteiger partial charge is 0.199 e. The van der Waals surface area contributed by atoms with Crippen molar-refractivity contribution in [3.8, 4) is 0 Å². The minimum atomic E-state index is -7.43. The highest BCUT2D eigenvalue weighted by atomic mass is 19.4. The van der Waals surface area contributed by atoms with E-state index in [-0.39, 0.29) is 0 Å². The first kappa shape index (κ1) is 16.2. The summed E-state index contributed by atoms with van der Waals surface area (Å²) in [5.74, 6) is -42.6. The Labute approximate surface area is 95.9 Å². The van der Waals surface area contributed by atoms with Crippen LogP contribution in [0.1, 0.15) is 0 Å². The van der Waals surface area contributed by atoms with E-state index < -0.39 is 42.0 Å². The predicted octanol–water partition coefficient (Wildman–Crippen LogP) is 3.89. The average molecular weight is 312 g/mol. The lowest BCUT2D eigenvalue weighted by molar-refractivity contribution is -0.397. The molecule has 1 rings (SSSR count). The maximum absolute atomic E-state index is 12.5. The molecular weight excluding hydrogens is 312 g/mol.